The van der Waals surface area contributed by atoms with Gasteiger partial charge < -0.3 is 20.0 Å². The first kappa shape index (κ1) is 18.2. The van der Waals surface area contributed by atoms with E-state index in [0.29, 0.717) is 17.8 Å². The summed E-state index contributed by atoms with van der Waals surface area (Å²) in [4.78, 5) is 26.5. The highest BCUT2D eigenvalue weighted by molar-refractivity contribution is 5.96. The van der Waals surface area contributed by atoms with Crippen LogP contribution in [0.25, 0.3) is 0 Å². The number of nitrogens with one attached hydrogen (secondary N) is 2. The number of amides is 2. The van der Waals surface area contributed by atoms with Crippen LogP contribution in [0.2, 0.25) is 0 Å². The highest BCUT2D eigenvalue weighted by Crippen LogP contribution is 2.15. The van der Waals surface area contributed by atoms with Crippen LogP contribution in [0.1, 0.15) is 41.8 Å². The van der Waals surface area contributed by atoms with Gasteiger partial charge in [-0.1, -0.05) is 12.8 Å². The summed E-state index contributed by atoms with van der Waals surface area (Å²) < 4.78 is 5.20. The molecule has 0 aliphatic carbocycles. The molecular weight excluding hydrogens is 330 g/mol. The standard InChI is InChI=1S/C20H25N3O3/c24-19(15-21-14-18-6-5-13-26-18)22-17-9-7-16(8-10-17)20(25)23-11-3-1-2-4-12-23/h5-10,13,21H,1-4,11-12,14-15H2,(H,22,24). The first-order valence-electron chi connectivity index (χ1n) is 9.15. The number of rotatable bonds is 6. The van der Waals surface area contributed by atoms with Gasteiger partial charge in [-0.25, -0.2) is 0 Å². The molecule has 0 radical (unpaired) electrons. The van der Waals surface area contributed by atoms with E-state index >= 15 is 0 Å². The summed E-state index contributed by atoms with van der Waals surface area (Å²) in [5, 5.41) is 5.84. The molecule has 2 amide bonds. The SMILES string of the molecule is O=C(CNCc1ccco1)Nc1ccc(C(=O)N2CCCCCC2)cc1. The van der Waals surface area contributed by atoms with E-state index in [0.717, 1.165) is 31.7 Å². The van der Waals surface area contributed by atoms with E-state index in [-0.39, 0.29) is 18.4 Å². The third-order valence-corrected chi connectivity index (χ3v) is 4.47. The molecule has 26 heavy (non-hydrogen) atoms. The quantitative estimate of drug-likeness (QED) is 0.835. The van der Waals surface area contributed by atoms with Crippen molar-refractivity contribution < 1.29 is 14.0 Å². The van der Waals surface area contributed by atoms with E-state index in [4.69, 9.17) is 4.42 Å². The van der Waals surface area contributed by atoms with Crippen molar-refractivity contribution in [3.63, 3.8) is 0 Å². The van der Waals surface area contributed by atoms with Crippen molar-refractivity contribution in [3.05, 3.63) is 54.0 Å². The Morgan fingerprint density at radius 3 is 2.38 bits per heavy atom. The van der Waals surface area contributed by atoms with Crippen LogP contribution in [0.5, 0.6) is 0 Å². The van der Waals surface area contributed by atoms with Crippen LogP contribution in [-0.2, 0) is 11.3 Å². The lowest BCUT2D eigenvalue weighted by Crippen LogP contribution is -2.31. The minimum atomic E-state index is -0.136. The second kappa shape index (κ2) is 9.20. The van der Waals surface area contributed by atoms with Gasteiger partial charge in [-0.3, -0.25) is 9.59 Å². The monoisotopic (exact) mass is 355 g/mol. The van der Waals surface area contributed by atoms with Crippen molar-refractivity contribution in [1.29, 1.82) is 0 Å². The van der Waals surface area contributed by atoms with Gasteiger partial charge in [-0.15, -0.1) is 0 Å². The number of anilines is 1. The number of nitrogens with zero attached hydrogens (tertiary/aromatic N) is 1. The maximum absolute atomic E-state index is 12.6. The molecule has 0 spiro atoms. The topological polar surface area (TPSA) is 74.6 Å². The Hall–Kier alpha value is -2.60. The highest BCUT2D eigenvalue weighted by Gasteiger charge is 2.17. The number of furan rings is 1. The Balaban J connectivity index is 1.47. The van der Waals surface area contributed by atoms with E-state index in [1.54, 1.807) is 30.5 Å². The van der Waals surface area contributed by atoms with Gasteiger partial charge in [0.15, 0.2) is 0 Å². The molecule has 2 aromatic rings. The predicted molar refractivity (Wildman–Crippen MR) is 99.9 cm³/mol. The molecule has 6 heteroatoms. The second-order valence-electron chi connectivity index (χ2n) is 6.51. The molecule has 1 aliphatic rings. The minimum Gasteiger partial charge on any atom is -0.468 e. The normalized spacial score (nSPS) is 14.7. The van der Waals surface area contributed by atoms with E-state index in [9.17, 15) is 9.59 Å². The van der Waals surface area contributed by atoms with Gasteiger partial charge in [-0.2, -0.15) is 0 Å². The molecule has 3 rings (SSSR count). The van der Waals surface area contributed by atoms with E-state index < -0.39 is 0 Å². The fourth-order valence-electron chi connectivity index (χ4n) is 3.07. The van der Waals surface area contributed by atoms with Gasteiger partial charge in [0.2, 0.25) is 5.91 Å². The molecule has 1 aliphatic heterocycles. The van der Waals surface area contributed by atoms with Crippen molar-refractivity contribution >= 4 is 17.5 Å². The van der Waals surface area contributed by atoms with Crippen molar-refractivity contribution in [1.82, 2.24) is 10.2 Å². The summed E-state index contributed by atoms with van der Waals surface area (Å²) in [6.07, 6.45) is 6.15. The van der Waals surface area contributed by atoms with Crippen molar-refractivity contribution in [2.45, 2.75) is 32.2 Å². The van der Waals surface area contributed by atoms with Crippen LogP contribution in [0, 0.1) is 0 Å². The lowest BCUT2D eigenvalue weighted by atomic mass is 10.1. The lowest BCUT2D eigenvalue weighted by molar-refractivity contribution is -0.115. The molecule has 0 atom stereocenters. The van der Waals surface area contributed by atoms with Crippen molar-refractivity contribution in [3.8, 4) is 0 Å². The summed E-state index contributed by atoms with van der Waals surface area (Å²) in [7, 11) is 0. The average molecular weight is 355 g/mol. The molecule has 1 saturated heterocycles. The zero-order valence-electron chi connectivity index (χ0n) is 14.9. The zero-order valence-corrected chi connectivity index (χ0v) is 14.9. The van der Waals surface area contributed by atoms with Gasteiger partial charge in [0, 0.05) is 24.3 Å². The average Bonchev–Trinajstić information content (AvgIpc) is 3.02. The third kappa shape index (κ3) is 5.20. The largest absolute Gasteiger partial charge is 0.468 e. The van der Waals surface area contributed by atoms with Gasteiger partial charge in [0.25, 0.3) is 5.91 Å². The first-order chi connectivity index (χ1) is 12.7. The van der Waals surface area contributed by atoms with Crippen molar-refractivity contribution in [2.24, 2.45) is 0 Å². The highest BCUT2D eigenvalue weighted by atomic mass is 16.3. The Bertz CT molecular complexity index is 702. The summed E-state index contributed by atoms with van der Waals surface area (Å²) in [6.45, 7) is 2.36. The molecule has 2 heterocycles. The van der Waals surface area contributed by atoms with Crippen LogP contribution in [-0.4, -0.2) is 36.3 Å². The molecule has 6 nitrogen and oxygen atoms in total. The third-order valence-electron chi connectivity index (χ3n) is 4.47. The van der Waals surface area contributed by atoms with Gasteiger partial charge in [0.1, 0.15) is 5.76 Å². The lowest BCUT2D eigenvalue weighted by Gasteiger charge is -2.20. The summed E-state index contributed by atoms with van der Waals surface area (Å²) >= 11 is 0. The van der Waals surface area contributed by atoms with Gasteiger partial charge in [-0.05, 0) is 49.2 Å². The van der Waals surface area contributed by atoms with Crippen LogP contribution in [0.15, 0.2) is 47.1 Å². The number of carbonyl (C=O) groups is 2. The predicted octanol–water partition coefficient (Wildman–Crippen LogP) is 3.02. The van der Waals surface area contributed by atoms with Crippen LogP contribution >= 0.6 is 0 Å². The molecular formula is C20H25N3O3. The molecule has 1 fully saturated rings. The molecule has 2 N–H and O–H groups in total. The minimum absolute atomic E-state index is 0.0740. The van der Waals surface area contributed by atoms with Gasteiger partial charge in [0.05, 0.1) is 19.4 Å². The number of benzene rings is 1. The molecule has 0 saturated carbocycles. The maximum Gasteiger partial charge on any atom is 0.253 e. The second-order valence-corrected chi connectivity index (χ2v) is 6.51. The molecule has 1 aromatic heterocycles. The zero-order chi connectivity index (χ0) is 18.2. The maximum atomic E-state index is 12.6. The summed E-state index contributed by atoms with van der Waals surface area (Å²) in [6, 6.07) is 10.8. The summed E-state index contributed by atoms with van der Waals surface area (Å²) in [5.74, 6) is 0.724. The van der Waals surface area contributed by atoms with Crippen molar-refractivity contribution in [2.75, 3.05) is 25.0 Å². The first-order valence-corrected chi connectivity index (χ1v) is 9.15. The van der Waals surface area contributed by atoms with E-state index in [2.05, 4.69) is 10.6 Å². The fraction of sp³-hybridized carbons (Fsp3) is 0.400. The van der Waals surface area contributed by atoms with E-state index in [1.807, 2.05) is 17.0 Å². The number of likely N-dealkylation sites (tertiary alicyclic amines) is 1. The summed E-state index contributed by atoms with van der Waals surface area (Å²) in [5.41, 5.74) is 1.35. The number of hydrogen-bond donors (Lipinski definition) is 2. The Kier molecular flexibility index (Phi) is 6.44. The fourth-order valence-corrected chi connectivity index (χ4v) is 3.07. The number of carbonyl (C=O) groups excluding carboxylic acids is 2. The van der Waals surface area contributed by atoms with Gasteiger partial charge >= 0.3 is 0 Å². The Labute approximate surface area is 153 Å². The Morgan fingerprint density at radius 1 is 1.00 bits per heavy atom. The van der Waals surface area contributed by atoms with Crippen LogP contribution in [0.3, 0.4) is 0 Å². The van der Waals surface area contributed by atoms with E-state index in [1.165, 1.54) is 12.8 Å². The number of hydrogen-bond acceptors (Lipinski definition) is 4. The van der Waals surface area contributed by atoms with Crippen LogP contribution in [0.4, 0.5) is 5.69 Å². The molecule has 138 valence electrons. The molecule has 1 aromatic carbocycles. The smallest absolute Gasteiger partial charge is 0.253 e. The molecule has 0 bridgehead atoms. The van der Waals surface area contributed by atoms with Crippen LogP contribution < -0.4 is 10.6 Å². The Morgan fingerprint density at radius 2 is 1.73 bits per heavy atom. The molecule has 0 unspecified atom stereocenters.